The maximum atomic E-state index is 11.7. The van der Waals surface area contributed by atoms with E-state index in [2.05, 4.69) is 15.6 Å². The molecule has 2 rings (SSSR count). The summed E-state index contributed by atoms with van der Waals surface area (Å²) in [7, 11) is 4.81. The first kappa shape index (κ1) is 23.5. The Balaban J connectivity index is 0.00000392. The molecule has 8 heteroatoms. The van der Waals surface area contributed by atoms with Gasteiger partial charge in [0.2, 0.25) is 0 Å². The summed E-state index contributed by atoms with van der Waals surface area (Å²) in [6, 6.07) is 13.1. The predicted octanol–water partition coefficient (Wildman–Crippen LogP) is 2.33. The Morgan fingerprint density at radius 2 is 1.82 bits per heavy atom. The summed E-state index contributed by atoms with van der Waals surface area (Å²) in [5.74, 6) is 1.61. The van der Waals surface area contributed by atoms with Crippen LogP contribution in [0.1, 0.15) is 21.5 Å². The zero-order valence-electron chi connectivity index (χ0n) is 16.3. The molecule has 0 aliphatic rings. The summed E-state index contributed by atoms with van der Waals surface area (Å²) in [4.78, 5) is 16.0. The van der Waals surface area contributed by atoms with Crippen molar-refractivity contribution in [2.24, 2.45) is 10.7 Å². The molecule has 0 atom stereocenters. The van der Waals surface area contributed by atoms with E-state index in [1.165, 1.54) is 0 Å². The smallest absolute Gasteiger partial charge is 0.251 e. The molecule has 1 amide bonds. The Hall–Kier alpha value is -2.49. The number of carbonyl (C=O) groups is 1. The van der Waals surface area contributed by atoms with Gasteiger partial charge in [0.25, 0.3) is 5.91 Å². The summed E-state index contributed by atoms with van der Waals surface area (Å²) in [6.45, 7) is 1.06. The molecule has 0 saturated heterocycles. The molecule has 28 heavy (non-hydrogen) atoms. The molecule has 4 N–H and O–H groups in total. The van der Waals surface area contributed by atoms with E-state index < -0.39 is 0 Å². The van der Waals surface area contributed by atoms with E-state index in [4.69, 9.17) is 15.2 Å². The molecule has 7 nitrogen and oxygen atoms in total. The van der Waals surface area contributed by atoms with Crippen LogP contribution in [0.2, 0.25) is 0 Å². The van der Waals surface area contributed by atoms with Gasteiger partial charge in [0, 0.05) is 19.2 Å². The van der Waals surface area contributed by atoms with Gasteiger partial charge in [-0.05, 0) is 41.8 Å². The lowest BCUT2D eigenvalue weighted by Gasteiger charge is -2.09. The lowest BCUT2D eigenvalue weighted by atomic mass is 10.1. The number of rotatable bonds is 8. The topological polar surface area (TPSA) is 98.0 Å². The van der Waals surface area contributed by atoms with Gasteiger partial charge in [-0.1, -0.05) is 18.2 Å². The average Bonchev–Trinajstić information content (AvgIpc) is 2.71. The molecule has 0 saturated carbocycles. The highest BCUT2D eigenvalue weighted by molar-refractivity contribution is 14.0. The zero-order chi connectivity index (χ0) is 19.6. The number of methoxy groups -OCH3 is 2. The van der Waals surface area contributed by atoms with Crippen LogP contribution in [0.15, 0.2) is 47.5 Å². The number of amides is 1. The first-order valence-electron chi connectivity index (χ1n) is 8.63. The van der Waals surface area contributed by atoms with E-state index in [0.29, 0.717) is 36.1 Å². The highest BCUT2D eigenvalue weighted by atomic mass is 127. The van der Waals surface area contributed by atoms with E-state index in [9.17, 15) is 4.79 Å². The quantitative estimate of drug-likeness (QED) is 0.295. The average molecular weight is 498 g/mol. The summed E-state index contributed by atoms with van der Waals surface area (Å²) >= 11 is 0. The van der Waals surface area contributed by atoms with Gasteiger partial charge >= 0.3 is 0 Å². The van der Waals surface area contributed by atoms with Gasteiger partial charge in [0.15, 0.2) is 17.5 Å². The third-order valence-electron chi connectivity index (χ3n) is 4.02. The second-order valence-corrected chi connectivity index (χ2v) is 5.85. The van der Waals surface area contributed by atoms with Crippen molar-refractivity contribution in [1.29, 1.82) is 0 Å². The fourth-order valence-corrected chi connectivity index (χ4v) is 2.56. The Labute approximate surface area is 182 Å². The molecule has 0 bridgehead atoms. The molecule has 2 aromatic carbocycles. The lowest BCUT2D eigenvalue weighted by molar-refractivity contribution is 0.0963. The highest BCUT2D eigenvalue weighted by Gasteiger charge is 2.05. The molecule has 0 aliphatic carbocycles. The van der Waals surface area contributed by atoms with Crippen molar-refractivity contribution in [3.8, 4) is 11.5 Å². The summed E-state index contributed by atoms with van der Waals surface area (Å²) in [6.07, 6.45) is 0.734. The van der Waals surface area contributed by atoms with E-state index >= 15 is 0 Å². The second kappa shape index (κ2) is 12.1. The number of benzene rings is 2. The maximum Gasteiger partial charge on any atom is 0.251 e. The number of hydrogen-bond acceptors (Lipinski definition) is 4. The van der Waals surface area contributed by atoms with Crippen molar-refractivity contribution in [3.05, 3.63) is 59.2 Å². The standard InChI is InChI=1S/C20H26N4O3.HI/c1-22-19(25)16-6-4-5-14(11-16)9-10-23-20(21)24-13-15-7-8-17(26-2)18(12-15)27-3;/h4-8,11-12H,9-10,13H2,1-3H3,(H,22,25)(H3,21,23,24);1H. The monoisotopic (exact) mass is 498 g/mol. The van der Waals surface area contributed by atoms with Crippen LogP contribution in [0.4, 0.5) is 0 Å². The maximum absolute atomic E-state index is 11.7. The normalized spacial score (nSPS) is 10.6. The third-order valence-corrected chi connectivity index (χ3v) is 4.02. The van der Waals surface area contributed by atoms with Crippen LogP contribution in [-0.2, 0) is 13.0 Å². The van der Waals surface area contributed by atoms with Gasteiger partial charge in [-0.15, -0.1) is 24.0 Å². The largest absolute Gasteiger partial charge is 0.493 e. The van der Waals surface area contributed by atoms with E-state index in [1.54, 1.807) is 27.3 Å². The molecule has 0 heterocycles. The number of nitrogens with zero attached hydrogens (tertiary/aromatic N) is 1. The number of ether oxygens (including phenoxy) is 2. The minimum atomic E-state index is -0.0965. The number of guanidine groups is 1. The van der Waals surface area contributed by atoms with Crippen molar-refractivity contribution in [1.82, 2.24) is 10.6 Å². The summed E-state index contributed by atoms with van der Waals surface area (Å²) in [5.41, 5.74) is 8.59. The van der Waals surface area contributed by atoms with Gasteiger partial charge in [0.1, 0.15) is 0 Å². The van der Waals surface area contributed by atoms with Crippen LogP contribution in [0.5, 0.6) is 11.5 Å². The predicted molar refractivity (Wildman–Crippen MR) is 122 cm³/mol. The number of hydrogen-bond donors (Lipinski definition) is 3. The minimum Gasteiger partial charge on any atom is -0.493 e. The highest BCUT2D eigenvalue weighted by Crippen LogP contribution is 2.27. The Bertz CT molecular complexity index is 812. The molecule has 2 aromatic rings. The van der Waals surface area contributed by atoms with Crippen molar-refractivity contribution in [2.45, 2.75) is 13.0 Å². The third kappa shape index (κ3) is 6.91. The molecule has 0 fully saturated rings. The van der Waals surface area contributed by atoms with Crippen LogP contribution in [0.3, 0.4) is 0 Å². The van der Waals surface area contributed by atoms with Gasteiger partial charge < -0.3 is 25.8 Å². The van der Waals surface area contributed by atoms with E-state index in [0.717, 1.165) is 17.5 Å². The zero-order valence-corrected chi connectivity index (χ0v) is 18.7. The van der Waals surface area contributed by atoms with Crippen LogP contribution >= 0.6 is 24.0 Å². The van der Waals surface area contributed by atoms with E-state index in [1.807, 2.05) is 36.4 Å². The molecule has 0 aromatic heterocycles. The van der Waals surface area contributed by atoms with E-state index in [-0.39, 0.29) is 29.9 Å². The Morgan fingerprint density at radius 1 is 1.07 bits per heavy atom. The van der Waals surface area contributed by atoms with Crippen LogP contribution in [-0.4, -0.2) is 39.7 Å². The fourth-order valence-electron chi connectivity index (χ4n) is 2.56. The van der Waals surface area contributed by atoms with Crippen molar-refractivity contribution < 1.29 is 14.3 Å². The molecular formula is C20H27IN4O3. The van der Waals surface area contributed by atoms with Crippen molar-refractivity contribution in [3.63, 3.8) is 0 Å². The van der Waals surface area contributed by atoms with Crippen LogP contribution in [0, 0.1) is 0 Å². The summed E-state index contributed by atoms with van der Waals surface area (Å²) < 4.78 is 10.5. The molecule has 152 valence electrons. The van der Waals surface area contributed by atoms with Gasteiger partial charge in [-0.25, -0.2) is 4.99 Å². The first-order valence-corrected chi connectivity index (χ1v) is 8.63. The van der Waals surface area contributed by atoms with Gasteiger partial charge in [-0.3, -0.25) is 4.79 Å². The minimum absolute atomic E-state index is 0. The Kier molecular flexibility index (Phi) is 10.1. The number of carbonyl (C=O) groups excluding carboxylic acids is 1. The number of aliphatic imine (C=N–C) groups is 1. The SMILES string of the molecule is CNC(=O)c1cccc(CCNC(N)=NCc2ccc(OC)c(OC)c2)c1.I. The second-order valence-electron chi connectivity index (χ2n) is 5.85. The van der Waals surface area contributed by atoms with Crippen molar-refractivity contribution >= 4 is 35.8 Å². The number of halogens is 1. The number of nitrogens with two attached hydrogens (primary N) is 1. The van der Waals surface area contributed by atoms with Gasteiger partial charge in [0.05, 0.1) is 20.8 Å². The van der Waals surface area contributed by atoms with Crippen LogP contribution < -0.4 is 25.8 Å². The molecule has 0 unspecified atom stereocenters. The Morgan fingerprint density at radius 3 is 2.50 bits per heavy atom. The summed E-state index contributed by atoms with van der Waals surface area (Å²) in [5, 5.41) is 5.71. The molecule has 0 aliphatic heterocycles. The first-order chi connectivity index (χ1) is 13.1. The molecular weight excluding hydrogens is 471 g/mol. The van der Waals surface area contributed by atoms with Crippen LogP contribution in [0.25, 0.3) is 0 Å². The van der Waals surface area contributed by atoms with Crippen molar-refractivity contribution in [2.75, 3.05) is 27.8 Å². The lowest BCUT2D eigenvalue weighted by Crippen LogP contribution is -2.33. The fraction of sp³-hybridized carbons (Fsp3) is 0.300. The molecule has 0 radical (unpaired) electrons. The molecule has 0 spiro atoms. The number of nitrogens with one attached hydrogen (secondary N) is 2. The van der Waals surface area contributed by atoms with Gasteiger partial charge in [-0.2, -0.15) is 0 Å².